The molecule has 0 heterocycles. The number of hydrogen-bond acceptors (Lipinski definition) is 3. The lowest BCUT2D eigenvalue weighted by molar-refractivity contribution is -0.0110. The monoisotopic (exact) mass is 322 g/mol. The molecule has 0 fully saturated rings. The molecule has 0 spiro atoms. The third-order valence-electron chi connectivity index (χ3n) is 1.75. The zero-order valence-corrected chi connectivity index (χ0v) is 10.2. The standard InChI is InChI=1S/C10H11IO4/c1-6(11)10(14)15-8-4-2-7(3-5-8)9(12)13/h2-6,10,14H,1H3,(H,12,13). The van der Waals surface area contributed by atoms with E-state index in [2.05, 4.69) is 0 Å². The minimum Gasteiger partial charge on any atom is -0.478 e. The number of benzene rings is 1. The number of aliphatic hydroxyl groups is 1. The highest BCUT2D eigenvalue weighted by molar-refractivity contribution is 14.1. The summed E-state index contributed by atoms with van der Waals surface area (Å²) in [6, 6.07) is 5.90. The molecule has 5 heteroatoms. The Morgan fingerprint density at radius 3 is 2.33 bits per heavy atom. The SMILES string of the molecule is CC(I)C(O)Oc1ccc(C(=O)O)cc1. The van der Waals surface area contributed by atoms with Crippen molar-refractivity contribution in [2.24, 2.45) is 0 Å². The molecule has 0 aromatic heterocycles. The van der Waals surface area contributed by atoms with Gasteiger partial charge >= 0.3 is 5.97 Å². The van der Waals surface area contributed by atoms with Crippen LogP contribution in [0.2, 0.25) is 0 Å². The van der Waals surface area contributed by atoms with Crippen molar-refractivity contribution in [1.82, 2.24) is 0 Å². The van der Waals surface area contributed by atoms with E-state index in [9.17, 15) is 9.90 Å². The maximum Gasteiger partial charge on any atom is 0.335 e. The molecular weight excluding hydrogens is 311 g/mol. The molecule has 0 amide bonds. The second-order valence-corrected chi connectivity index (χ2v) is 4.98. The molecule has 1 aromatic carbocycles. The van der Waals surface area contributed by atoms with E-state index >= 15 is 0 Å². The molecule has 0 radical (unpaired) electrons. The first-order valence-electron chi connectivity index (χ1n) is 4.33. The van der Waals surface area contributed by atoms with Gasteiger partial charge in [-0.1, -0.05) is 22.6 Å². The maximum absolute atomic E-state index is 10.6. The van der Waals surface area contributed by atoms with Gasteiger partial charge in [-0.25, -0.2) is 4.79 Å². The number of carboxylic acid groups (broad SMARTS) is 1. The molecule has 1 rings (SSSR count). The van der Waals surface area contributed by atoms with Gasteiger partial charge in [0.05, 0.1) is 9.49 Å². The Balaban J connectivity index is 2.68. The van der Waals surface area contributed by atoms with E-state index < -0.39 is 12.3 Å². The first-order chi connectivity index (χ1) is 7.00. The van der Waals surface area contributed by atoms with E-state index in [-0.39, 0.29) is 9.49 Å². The van der Waals surface area contributed by atoms with E-state index in [1.807, 2.05) is 29.5 Å². The summed E-state index contributed by atoms with van der Waals surface area (Å²) in [5.74, 6) is -0.527. The van der Waals surface area contributed by atoms with Gasteiger partial charge in [-0.2, -0.15) is 0 Å². The summed E-state index contributed by atoms with van der Waals surface area (Å²) >= 11 is 2.04. The lowest BCUT2D eigenvalue weighted by Crippen LogP contribution is -2.24. The number of hydrogen-bond donors (Lipinski definition) is 2. The third-order valence-corrected chi connectivity index (χ3v) is 2.37. The summed E-state index contributed by atoms with van der Waals surface area (Å²) in [7, 11) is 0. The van der Waals surface area contributed by atoms with Crippen molar-refractivity contribution in [3.8, 4) is 5.75 Å². The van der Waals surface area contributed by atoms with Crippen LogP contribution in [0.4, 0.5) is 0 Å². The van der Waals surface area contributed by atoms with Crippen LogP contribution in [0.15, 0.2) is 24.3 Å². The molecule has 15 heavy (non-hydrogen) atoms. The molecular formula is C10H11IO4. The fourth-order valence-corrected chi connectivity index (χ4v) is 1.06. The Kier molecular flexibility index (Phi) is 4.34. The Bertz CT molecular complexity index is 334. The van der Waals surface area contributed by atoms with Crippen LogP contribution in [-0.4, -0.2) is 26.4 Å². The van der Waals surface area contributed by atoms with Crippen LogP contribution in [0.5, 0.6) is 5.75 Å². The largest absolute Gasteiger partial charge is 0.478 e. The number of carbonyl (C=O) groups is 1. The van der Waals surface area contributed by atoms with Crippen LogP contribution in [0.25, 0.3) is 0 Å². The van der Waals surface area contributed by atoms with Crippen LogP contribution in [0, 0.1) is 0 Å². The van der Waals surface area contributed by atoms with Crippen LogP contribution in [0.1, 0.15) is 17.3 Å². The smallest absolute Gasteiger partial charge is 0.335 e. The zero-order chi connectivity index (χ0) is 11.4. The molecule has 2 N–H and O–H groups in total. The number of halogens is 1. The molecule has 0 saturated carbocycles. The van der Waals surface area contributed by atoms with Crippen LogP contribution >= 0.6 is 22.6 Å². The van der Waals surface area contributed by atoms with Crippen molar-refractivity contribution in [3.05, 3.63) is 29.8 Å². The second-order valence-electron chi connectivity index (χ2n) is 3.02. The van der Waals surface area contributed by atoms with Crippen molar-refractivity contribution < 1.29 is 19.7 Å². The zero-order valence-electron chi connectivity index (χ0n) is 8.05. The van der Waals surface area contributed by atoms with Gasteiger partial charge in [0.15, 0.2) is 0 Å². The van der Waals surface area contributed by atoms with Gasteiger partial charge < -0.3 is 14.9 Å². The number of rotatable bonds is 4. The van der Waals surface area contributed by atoms with Crippen molar-refractivity contribution in [1.29, 1.82) is 0 Å². The van der Waals surface area contributed by atoms with Crippen molar-refractivity contribution >= 4 is 28.6 Å². The van der Waals surface area contributed by atoms with E-state index in [0.29, 0.717) is 5.75 Å². The van der Waals surface area contributed by atoms with Gasteiger partial charge in [-0.05, 0) is 31.2 Å². The molecule has 2 unspecified atom stereocenters. The van der Waals surface area contributed by atoms with Crippen molar-refractivity contribution in [2.75, 3.05) is 0 Å². The highest BCUT2D eigenvalue weighted by Crippen LogP contribution is 2.16. The highest BCUT2D eigenvalue weighted by Gasteiger charge is 2.12. The van der Waals surface area contributed by atoms with E-state index in [1.165, 1.54) is 24.3 Å². The van der Waals surface area contributed by atoms with Gasteiger partial charge in [0.25, 0.3) is 0 Å². The number of aromatic carboxylic acids is 1. The lowest BCUT2D eigenvalue weighted by atomic mass is 10.2. The fourth-order valence-electron chi connectivity index (χ4n) is 0.909. The Morgan fingerprint density at radius 2 is 1.93 bits per heavy atom. The van der Waals surface area contributed by atoms with Crippen molar-refractivity contribution in [3.63, 3.8) is 0 Å². The van der Waals surface area contributed by atoms with Crippen molar-refractivity contribution in [2.45, 2.75) is 17.1 Å². The molecule has 0 aliphatic carbocycles. The van der Waals surface area contributed by atoms with Gasteiger partial charge in [0.2, 0.25) is 6.29 Å². The van der Waals surface area contributed by atoms with E-state index in [4.69, 9.17) is 9.84 Å². The fraction of sp³-hybridized carbons (Fsp3) is 0.300. The van der Waals surface area contributed by atoms with Gasteiger partial charge in [-0.3, -0.25) is 0 Å². The summed E-state index contributed by atoms with van der Waals surface area (Å²) in [5, 5.41) is 18.1. The molecule has 0 saturated heterocycles. The summed E-state index contributed by atoms with van der Waals surface area (Å²) in [4.78, 5) is 10.6. The second kappa shape index (κ2) is 5.32. The van der Waals surface area contributed by atoms with Gasteiger partial charge in [0, 0.05) is 0 Å². The van der Waals surface area contributed by atoms with Gasteiger partial charge in [-0.15, -0.1) is 0 Å². The molecule has 0 aliphatic rings. The highest BCUT2D eigenvalue weighted by atomic mass is 127. The number of aliphatic hydroxyl groups excluding tert-OH is 1. The minimum atomic E-state index is -0.982. The molecule has 0 aliphatic heterocycles. The first kappa shape index (κ1) is 12.3. The summed E-state index contributed by atoms with van der Waals surface area (Å²) in [6.45, 7) is 1.82. The number of carboxylic acids is 1. The summed E-state index contributed by atoms with van der Waals surface area (Å²) in [5.41, 5.74) is 0.194. The summed E-state index contributed by atoms with van der Waals surface area (Å²) < 4.78 is 5.13. The Labute approximate surface area is 101 Å². The first-order valence-corrected chi connectivity index (χ1v) is 5.57. The minimum absolute atomic E-state index is 0.0400. The number of ether oxygens (including phenoxy) is 1. The van der Waals surface area contributed by atoms with Crippen LogP contribution in [-0.2, 0) is 0 Å². The third kappa shape index (κ3) is 3.67. The normalized spacial score (nSPS) is 14.3. The maximum atomic E-state index is 10.6. The molecule has 0 bridgehead atoms. The Morgan fingerprint density at radius 1 is 1.40 bits per heavy atom. The van der Waals surface area contributed by atoms with E-state index in [0.717, 1.165) is 0 Å². The van der Waals surface area contributed by atoms with E-state index in [1.54, 1.807) is 0 Å². The topological polar surface area (TPSA) is 66.8 Å². The average molecular weight is 322 g/mol. The molecule has 1 aromatic rings. The Hall–Kier alpha value is -0.820. The summed E-state index contributed by atoms with van der Waals surface area (Å²) in [6.07, 6.45) is -0.888. The average Bonchev–Trinajstić information content (AvgIpc) is 2.18. The van der Waals surface area contributed by atoms with Crippen LogP contribution < -0.4 is 4.74 Å². The van der Waals surface area contributed by atoms with Gasteiger partial charge in [0.1, 0.15) is 5.75 Å². The molecule has 2 atom stereocenters. The molecule has 4 nitrogen and oxygen atoms in total. The van der Waals surface area contributed by atoms with Crippen LogP contribution in [0.3, 0.4) is 0 Å². The predicted molar refractivity (Wildman–Crippen MR) is 63.5 cm³/mol. The molecule has 82 valence electrons. The quantitative estimate of drug-likeness (QED) is 0.505. The predicted octanol–water partition coefficient (Wildman–Crippen LogP) is 1.91. The lowest BCUT2D eigenvalue weighted by Gasteiger charge is -2.15. The number of alkyl halides is 1.